The summed E-state index contributed by atoms with van der Waals surface area (Å²) in [6, 6.07) is 3.55. The van der Waals surface area contributed by atoms with E-state index >= 15 is 0 Å². The van der Waals surface area contributed by atoms with Gasteiger partial charge in [0.1, 0.15) is 0 Å². The minimum absolute atomic E-state index is 0.325. The first-order valence-electron chi connectivity index (χ1n) is 4.62. The Morgan fingerprint density at radius 3 is 2.73 bits per heavy atom. The molecule has 0 saturated heterocycles. The highest BCUT2D eigenvalue weighted by atomic mass is 79.9. The molecule has 0 aromatic heterocycles. The van der Waals surface area contributed by atoms with Gasteiger partial charge in [-0.25, -0.2) is 4.79 Å². The maximum absolute atomic E-state index is 11.6. The predicted octanol–water partition coefficient (Wildman–Crippen LogP) is 3.72. The van der Waals surface area contributed by atoms with Gasteiger partial charge in [-0.2, -0.15) is 0 Å². The molecule has 0 saturated carbocycles. The Morgan fingerprint density at radius 2 is 2.20 bits per heavy atom. The lowest BCUT2D eigenvalue weighted by Gasteiger charge is -2.09. The molecule has 0 spiro atoms. The number of halogens is 2. The number of hydrogen-bond acceptors (Lipinski definition) is 2. The van der Waals surface area contributed by atoms with Gasteiger partial charge in [-0.1, -0.05) is 33.6 Å². The maximum Gasteiger partial charge on any atom is 0.338 e. The molecule has 0 fully saturated rings. The molecule has 0 bridgehead atoms. The predicted molar refractivity (Wildman–Crippen MR) is 64.8 cm³/mol. The molecular weight excluding hydrogens is 279 g/mol. The fourth-order valence-electron chi connectivity index (χ4n) is 1.25. The lowest BCUT2D eigenvalue weighted by molar-refractivity contribution is 0.0525. The number of benzene rings is 1. The minimum atomic E-state index is -0.325. The molecule has 0 aliphatic heterocycles. The molecule has 0 unspecified atom stereocenters. The lowest BCUT2D eigenvalue weighted by atomic mass is 10.1. The maximum atomic E-state index is 11.6. The molecule has 0 atom stereocenters. The van der Waals surface area contributed by atoms with Crippen LogP contribution in [0.2, 0.25) is 5.02 Å². The first-order valence-corrected chi connectivity index (χ1v) is 6.12. The number of carbonyl (C=O) groups excluding carboxylic acids is 1. The SMILES string of the molecule is CCOC(=O)c1cc(Cl)c(C)cc1CBr. The smallest absolute Gasteiger partial charge is 0.338 e. The Kier molecular flexibility index (Phi) is 4.61. The van der Waals surface area contributed by atoms with Crippen LogP contribution in [0.3, 0.4) is 0 Å². The second-order valence-corrected chi connectivity index (χ2v) is 4.08. The van der Waals surface area contributed by atoms with Crippen molar-refractivity contribution >= 4 is 33.5 Å². The second-order valence-electron chi connectivity index (χ2n) is 3.11. The number of rotatable bonds is 3. The Bertz CT molecular complexity index is 377. The number of carbonyl (C=O) groups is 1. The summed E-state index contributed by atoms with van der Waals surface area (Å²) in [6.07, 6.45) is 0. The van der Waals surface area contributed by atoms with Crippen molar-refractivity contribution in [1.29, 1.82) is 0 Å². The third kappa shape index (κ3) is 2.95. The van der Waals surface area contributed by atoms with E-state index in [1.165, 1.54) is 0 Å². The summed E-state index contributed by atoms with van der Waals surface area (Å²) in [4.78, 5) is 11.6. The van der Waals surface area contributed by atoms with E-state index < -0.39 is 0 Å². The van der Waals surface area contributed by atoms with E-state index in [1.807, 2.05) is 13.0 Å². The fraction of sp³-hybridized carbons (Fsp3) is 0.364. The zero-order valence-electron chi connectivity index (χ0n) is 8.64. The number of hydrogen-bond donors (Lipinski definition) is 0. The molecular formula is C11H12BrClO2. The highest BCUT2D eigenvalue weighted by molar-refractivity contribution is 9.08. The molecule has 15 heavy (non-hydrogen) atoms. The van der Waals surface area contributed by atoms with Gasteiger partial charge >= 0.3 is 5.97 Å². The van der Waals surface area contributed by atoms with Crippen LogP contribution in [0.4, 0.5) is 0 Å². The molecule has 2 nitrogen and oxygen atoms in total. The highest BCUT2D eigenvalue weighted by Gasteiger charge is 2.13. The Morgan fingerprint density at radius 1 is 1.53 bits per heavy atom. The number of aryl methyl sites for hydroxylation is 1. The van der Waals surface area contributed by atoms with Crippen LogP contribution in [0.5, 0.6) is 0 Å². The summed E-state index contributed by atoms with van der Waals surface area (Å²) >= 11 is 9.30. The van der Waals surface area contributed by atoms with Crippen molar-refractivity contribution < 1.29 is 9.53 Å². The third-order valence-corrected chi connectivity index (χ3v) is 3.04. The summed E-state index contributed by atoms with van der Waals surface area (Å²) < 4.78 is 4.95. The zero-order valence-corrected chi connectivity index (χ0v) is 11.0. The van der Waals surface area contributed by atoms with E-state index in [0.717, 1.165) is 11.1 Å². The Balaban J connectivity index is 3.15. The van der Waals surface area contributed by atoms with E-state index in [1.54, 1.807) is 13.0 Å². The lowest BCUT2D eigenvalue weighted by Crippen LogP contribution is -2.08. The highest BCUT2D eigenvalue weighted by Crippen LogP contribution is 2.23. The molecule has 1 aromatic carbocycles. The summed E-state index contributed by atoms with van der Waals surface area (Å²) in [5.74, 6) is -0.325. The Hall–Kier alpha value is -0.540. The van der Waals surface area contributed by atoms with Crippen molar-refractivity contribution in [3.05, 3.63) is 33.8 Å². The van der Waals surface area contributed by atoms with Crippen LogP contribution in [0.15, 0.2) is 12.1 Å². The van der Waals surface area contributed by atoms with Gasteiger partial charge < -0.3 is 4.74 Å². The molecule has 0 aliphatic carbocycles. The normalized spacial score (nSPS) is 10.1. The third-order valence-electron chi connectivity index (χ3n) is 2.02. The van der Waals surface area contributed by atoms with Crippen LogP contribution in [0.1, 0.15) is 28.4 Å². The first kappa shape index (κ1) is 12.5. The van der Waals surface area contributed by atoms with Crippen molar-refractivity contribution in [3.63, 3.8) is 0 Å². The summed E-state index contributed by atoms with van der Waals surface area (Å²) in [6.45, 7) is 4.05. The van der Waals surface area contributed by atoms with E-state index in [2.05, 4.69) is 15.9 Å². The number of alkyl halides is 1. The van der Waals surface area contributed by atoms with Crippen LogP contribution in [0.25, 0.3) is 0 Å². The minimum Gasteiger partial charge on any atom is -0.462 e. The fourth-order valence-corrected chi connectivity index (χ4v) is 1.88. The van der Waals surface area contributed by atoms with Gasteiger partial charge in [-0.3, -0.25) is 0 Å². The monoisotopic (exact) mass is 290 g/mol. The second kappa shape index (κ2) is 5.52. The van der Waals surface area contributed by atoms with E-state index in [4.69, 9.17) is 16.3 Å². The van der Waals surface area contributed by atoms with E-state index in [0.29, 0.717) is 22.5 Å². The molecule has 1 aromatic rings. The molecule has 0 heterocycles. The van der Waals surface area contributed by atoms with Gasteiger partial charge in [-0.05, 0) is 31.0 Å². The van der Waals surface area contributed by atoms with Gasteiger partial charge in [0.2, 0.25) is 0 Å². The summed E-state index contributed by atoms with van der Waals surface area (Å²) in [5, 5.41) is 1.20. The molecule has 0 radical (unpaired) electrons. The van der Waals surface area contributed by atoms with Crippen molar-refractivity contribution in [3.8, 4) is 0 Å². The molecule has 0 N–H and O–H groups in total. The van der Waals surface area contributed by atoms with Crippen molar-refractivity contribution in [1.82, 2.24) is 0 Å². The van der Waals surface area contributed by atoms with E-state index in [-0.39, 0.29) is 5.97 Å². The van der Waals surface area contributed by atoms with Crippen LogP contribution in [-0.4, -0.2) is 12.6 Å². The quantitative estimate of drug-likeness (QED) is 0.627. The average Bonchev–Trinajstić information content (AvgIpc) is 2.21. The van der Waals surface area contributed by atoms with Gasteiger partial charge in [0.25, 0.3) is 0 Å². The van der Waals surface area contributed by atoms with Crippen molar-refractivity contribution in [2.24, 2.45) is 0 Å². The van der Waals surface area contributed by atoms with Crippen molar-refractivity contribution in [2.75, 3.05) is 6.61 Å². The topological polar surface area (TPSA) is 26.3 Å². The standard InChI is InChI=1S/C11H12BrClO2/c1-3-15-11(14)9-5-10(13)7(2)4-8(9)6-12/h4-5H,3,6H2,1-2H3. The number of ether oxygens (including phenoxy) is 1. The van der Waals surface area contributed by atoms with Crippen molar-refractivity contribution in [2.45, 2.75) is 19.2 Å². The van der Waals surface area contributed by atoms with Crippen LogP contribution in [0, 0.1) is 6.92 Å². The summed E-state index contributed by atoms with van der Waals surface area (Å²) in [7, 11) is 0. The van der Waals surface area contributed by atoms with E-state index in [9.17, 15) is 4.79 Å². The molecule has 0 amide bonds. The van der Waals surface area contributed by atoms with Crippen LogP contribution in [-0.2, 0) is 10.1 Å². The Labute approximate surface area is 103 Å². The molecule has 82 valence electrons. The zero-order chi connectivity index (χ0) is 11.4. The molecule has 0 aliphatic rings. The number of esters is 1. The van der Waals surface area contributed by atoms with Crippen LogP contribution < -0.4 is 0 Å². The van der Waals surface area contributed by atoms with Gasteiger partial charge in [0.05, 0.1) is 12.2 Å². The largest absolute Gasteiger partial charge is 0.462 e. The average molecular weight is 292 g/mol. The van der Waals surface area contributed by atoms with Gasteiger partial charge in [0.15, 0.2) is 0 Å². The molecule has 4 heteroatoms. The van der Waals surface area contributed by atoms with Gasteiger partial charge in [0, 0.05) is 10.4 Å². The van der Waals surface area contributed by atoms with Crippen LogP contribution >= 0.6 is 27.5 Å². The molecule has 1 rings (SSSR count). The van der Waals surface area contributed by atoms with Gasteiger partial charge in [-0.15, -0.1) is 0 Å². The summed E-state index contributed by atoms with van der Waals surface area (Å²) in [5.41, 5.74) is 2.39. The first-order chi connectivity index (χ1) is 7.10.